The molecule has 6 rings (SSSR count). The number of aromatic nitrogens is 4. The summed E-state index contributed by atoms with van der Waals surface area (Å²) in [6.07, 6.45) is 2.26. The van der Waals surface area contributed by atoms with Gasteiger partial charge in [0.15, 0.2) is 17.3 Å². The van der Waals surface area contributed by atoms with Gasteiger partial charge in [0.2, 0.25) is 0 Å². The number of piperazine rings is 1. The Morgan fingerprint density at radius 2 is 1.65 bits per heavy atom. The summed E-state index contributed by atoms with van der Waals surface area (Å²) >= 11 is 6.17. The summed E-state index contributed by atoms with van der Waals surface area (Å²) in [5, 5.41) is 16.0. The second-order valence-corrected chi connectivity index (χ2v) is 8.54. The third-order valence-electron chi connectivity index (χ3n) is 6.01. The van der Waals surface area contributed by atoms with Crippen LogP contribution in [-0.4, -0.2) is 46.5 Å². The summed E-state index contributed by atoms with van der Waals surface area (Å²) in [5.74, 6) is 2.56. The molecule has 1 saturated carbocycles. The van der Waals surface area contributed by atoms with E-state index in [1.54, 1.807) is 0 Å². The Hall–Kier alpha value is -3.19. The van der Waals surface area contributed by atoms with E-state index in [1.165, 1.54) is 0 Å². The molecule has 156 valence electrons. The first-order valence-electron chi connectivity index (χ1n) is 10.6. The smallest absolute Gasteiger partial charge is 0.279 e. The van der Waals surface area contributed by atoms with Gasteiger partial charge in [0, 0.05) is 53.6 Å². The highest BCUT2D eigenvalue weighted by atomic mass is 35.5. The molecule has 2 aliphatic rings. The van der Waals surface area contributed by atoms with E-state index in [0.717, 1.165) is 72.1 Å². The first-order valence-corrected chi connectivity index (χ1v) is 11.0. The Bertz CT molecular complexity index is 1250. The molecule has 3 heterocycles. The SMILES string of the molecule is Clc1cccc(N2CCN(c3nnc(-c4nc(C5CC5)no4)c4ccccc34)CC2)c1. The molecule has 0 unspecified atom stereocenters. The fourth-order valence-corrected chi connectivity index (χ4v) is 4.35. The Morgan fingerprint density at radius 1 is 0.871 bits per heavy atom. The van der Waals surface area contributed by atoms with E-state index in [0.29, 0.717) is 17.5 Å². The van der Waals surface area contributed by atoms with Gasteiger partial charge in [-0.3, -0.25) is 0 Å². The van der Waals surface area contributed by atoms with E-state index >= 15 is 0 Å². The highest BCUT2D eigenvalue weighted by molar-refractivity contribution is 6.30. The van der Waals surface area contributed by atoms with Crippen LogP contribution in [0, 0.1) is 0 Å². The zero-order valence-corrected chi connectivity index (χ0v) is 17.7. The molecule has 1 saturated heterocycles. The van der Waals surface area contributed by atoms with Crippen molar-refractivity contribution in [2.45, 2.75) is 18.8 Å². The predicted molar refractivity (Wildman–Crippen MR) is 121 cm³/mol. The molecular formula is C23H21ClN6O. The Morgan fingerprint density at radius 3 is 2.42 bits per heavy atom. The average molecular weight is 433 g/mol. The Balaban J connectivity index is 1.29. The molecule has 0 bridgehead atoms. The van der Waals surface area contributed by atoms with E-state index in [9.17, 15) is 0 Å². The van der Waals surface area contributed by atoms with Crippen molar-refractivity contribution < 1.29 is 4.52 Å². The van der Waals surface area contributed by atoms with Crippen LogP contribution in [0.4, 0.5) is 11.5 Å². The first kappa shape index (κ1) is 18.6. The molecule has 1 aliphatic heterocycles. The van der Waals surface area contributed by atoms with Crippen molar-refractivity contribution >= 4 is 33.9 Å². The molecule has 8 heteroatoms. The van der Waals surface area contributed by atoms with Crippen LogP contribution in [-0.2, 0) is 0 Å². The molecule has 4 aromatic rings. The van der Waals surface area contributed by atoms with Crippen molar-refractivity contribution in [3.63, 3.8) is 0 Å². The molecule has 31 heavy (non-hydrogen) atoms. The third kappa shape index (κ3) is 3.49. The van der Waals surface area contributed by atoms with Crippen LogP contribution in [0.3, 0.4) is 0 Å². The molecule has 0 N–H and O–H groups in total. The molecule has 0 radical (unpaired) electrons. The highest BCUT2D eigenvalue weighted by Gasteiger charge is 2.30. The molecule has 0 spiro atoms. The quantitative estimate of drug-likeness (QED) is 0.469. The zero-order valence-electron chi connectivity index (χ0n) is 16.9. The zero-order chi connectivity index (χ0) is 20.8. The highest BCUT2D eigenvalue weighted by Crippen LogP contribution is 2.39. The van der Waals surface area contributed by atoms with E-state index < -0.39 is 0 Å². The van der Waals surface area contributed by atoms with Gasteiger partial charge in [-0.15, -0.1) is 10.2 Å². The van der Waals surface area contributed by atoms with E-state index in [1.807, 2.05) is 36.4 Å². The summed E-state index contributed by atoms with van der Waals surface area (Å²) < 4.78 is 5.52. The lowest BCUT2D eigenvalue weighted by molar-refractivity contribution is 0.421. The van der Waals surface area contributed by atoms with Gasteiger partial charge in [0.1, 0.15) is 0 Å². The van der Waals surface area contributed by atoms with E-state index in [-0.39, 0.29) is 0 Å². The van der Waals surface area contributed by atoms with Crippen LogP contribution in [0.25, 0.3) is 22.4 Å². The number of benzene rings is 2. The van der Waals surface area contributed by atoms with Crippen molar-refractivity contribution in [2.24, 2.45) is 0 Å². The number of rotatable bonds is 4. The Labute approximate surface area is 184 Å². The maximum atomic E-state index is 6.17. The lowest BCUT2D eigenvalue weighted by atomic mass is 10.1. The Kier molecular flexibility index (Phi) is 4.49. The minimum atomic E-state index is 0.437. The van der Waals surface area contributed by atoms with Crippen LogP contribution in [0.5, 0.6) is 0 Å². The molecule has 2 fully saturated rings. The third-order valence-corrected chi connectivity index (χ3v) is 6.24. The summed E-state index contributed by atoms with van der Waals surface area (Å²) in [6.45, 7) is 3.51. The van der Waals surface area contributed by atoms with E-state index in [2.05, 4.69) is 42.3 Å². The molecule has 2 aromatic carbocycles. The molecule has 7 nitrogen and oxygen atoms in total. The first-order chi connectivity index (χ1) is 15.3. The van der Waals surface area contributed by atoms with Gasteiger partial charge in [-0.25, -0.2) is 0 Å². The summed E-state index contributed by atoms with van der Waals surface area (Å²) in [5.41, 5.74) is 1.80. The topological polar surface area (TPSA) is 71.2 Å². The minimum Gasteiger partial charge on any atom is -0.368 e. The van der Waals surface area contributed by atoms with Gasteiger partial charge in [-0.1, -0.05) is 47.1 Å². The number of hydrogen-bond acceptors (Lipinski definition) is 7. The van der Waals surface area contributed by atoms with Gasteiger partial charge >= 0.3 is 0 Å². The van der Waals surface area contributed by atoms with Crippen LogP contribution < -0.4 is 9.80 Å². The van der Waals surface area contributed by atoms with Gasteiger partial charge in [0.25, 0.3) is 5.89 Å². The number of nitrogens with zero attached hydrogens (tertiary/aromatic N) is 6. The monoisotopic (exact) mass is 432 g/mol. The second-order valence-electron chi connectivity index (χ2n) is 8.10. The van der Waals surface area contributed by atoms with Crippen LogP contribution >= 0.6 is 11.6 Å². The lowest BCUT2D eigenvalue weighted by Gasteiger charge is -2.37. The van der Waals surface area contributed by atoms with E-state index in [4.69, 9.17) is 16.1 Å². The molecule has 2 aromatic heterocycles. The van der Waals surface area contributed by atoms with Crippen LogP contribution in [0.2, 0.25) is 5.02 Å². The predicted octanol–water partition coefficient (Wildman–Crippen LogP) is 4.54. The van der Waals surface area contributed by atoms with Crippen molar-refractivity contribution in [2.75, 3.05) is 36.0 Å². The van der Waals surface area contributed by atoms with Crippen LogP contribution in [0.1, 0.15) is 24.6 Å². The van der Waals surface area contributed by atoms with Gasteiger partial charge < -0.3 is 14.3 Å². The number of anilines is 2. The van der Waals surface area contributed by atoms with Crippen molar-refractivity contribution in [3.8, 4) is 11.6 Å². The largest absolute Gasteiger partial charge is 0.368 e. The maximum absolute atomic E-state index is 6.17. The molecule has 0 atom stereocenters. The fraction of sp³-hybridized carbons (Fsp3) is 0.304. The molecule has 1 aliphatic carbocycles. The summed E-state index contributed by atoms with van der Waals surface area (Å²) in [7, 11) is 0. The van der Waals surface area contributed by atoms with Gasteiger partial charge in [-0.2, -0.15) is 4.98 Å². The molecule has 0 amide bonds. The summed E-state index contributed by atoms with van der Waals surface area (Å²) in [4.78, 5) is 9.22. The number of hydrogen-bond donors (Lipinski definition) is 0. The van der Waals surface area contributed by atoms with Crippen LogP contribution in [0.15, 0.2) is 53.1 Å². The van der Waals surface area contributed by atoms with Crippen molar-refractivity contribution in [1.29, 1.82) is 0 Å². The summed E-state index contributed by atoms with van der Waals surface area (Å²) in [6, 6.07) is 16.2. The fourth-order valence-electron chi connectivity index (χ4n) is 4.17. The maximum Gasteiger partial charge on any atom is 0.279 e. The number of halogens is 1. The average Bonchev–Trinajstić information content (AvgIpc) is 3.55. The van der Waals surface area contributed by atoms with Crippen molar-refractivity contribution in [3.05, 3.63) is 59.4 Å². The second kappa shape index (κ2) is 7.50. The normalized spacial score (nSPS) is 16.8. The molecular weight excluding hydrogens is 412 g/mol. The lowest BCUT2D eigenvalue weighted by Crippen LogP contribution is -2.47. The van der Waals surface area contributed by atoms with Gasteiger partial charge in [-0.05, 0) is 31.0 Å². The number of fused-ring (bicyclic) bond motifs is 1. The van der Waals surface area contributed by atoms with Crippen molar-refractivity contribution in [1.82, 2.24) is 20.3 Å². The standard InChI is InChI=1S/C23H21ClN6O/c24-16-4-3-5-17(14-16)29-10-12-30(13-11-29)22-19-7-2-1-6-18(19)20(26-27-22)23-25-21(28-31-23)15-8-9-15/h1-7,14-15H,8-13H2. The van der Waals surface area contributed by atoms with Gasteiger partial charge in [0.05, 0.1) is 0 Å². The minimum absolute atomic E-state index is 0.437.